The summed E-state index contributed by atoms with van der Waals surface area (Å²) >= 11 is 0. The van der Waals surface area contributed by atoms with E-state index in [-0.39, 0.29) is 17.3 Å². The van der Waals surface area contributed by atoms with Crippen LogP contribution in [0.25, 0.3) is 0 Å². The van der Waals surface area contributed by atoms with Gasteiger partial charge in [-0.2, -0.15) is 0 Å². The van der Waals surface area contributed by atoms with Crippen LogP contribution in [0.4, 0.5) is 0 Å². The second-order valence-corrected chi connectivity index (χ2v) is 9.27. The molecule has 2 aromatic carbocycles. The molecule has 1 aromatic heterocycles. The first kappa shape index (κ1) is 20.7. The first-order valence-corrected chi connectivity index (χ1v) is 10.9. The third-order valence-corrected chi connectivity index (χ3v) is 7.05. The van der Waals surface area contributed by atoms with Gasteiger partial charge in [-0.3, -0.25) is 9.78 Å². The van der Waals surface area contributed by atoms with Gasteiger partial charge < -0.3 is 5.32 Å². The first-order valence-electron chi connectivity index (χ1n) is 9.35. The number of pyridine rings is 1. The van der Waals surface area contributed by atoms with E-state index >= 15 is 0 Å². The molecule has 0 fully saturated rings. The van der Waals surface area contributed by atoms with E-state index in [9.17, 15) is 13.2 Å². The number of hydrogen-bond acceptors (Lipinski definition) is 4. The van der Waals surface area contributed by atoms with Gasteiger partial charge in [0.1, 0.15) is 5.25 Å². The summed E-state index contributed by atoms with van der Waals surface area (Å²) in [5, 5.41) is 1.85. The average Bonchev–Trinajstić information content (AvgIpc) is 2.70. The van der Waals surface area contributed by atoms with Gasteiger partial charge in [0, 0.05) is 24.5 Å². The van der Waals surface area contributed by atoms with Gasteiger partial charge in [-0.05, 0) is 61.7 Å². The highest BCUT2D eigenvalue weighted by Gasteiger charge is 2.31. The lowest BCUT2D eigenvalue weighted by atomic mass is 10.1. The van der Waals surface area contributed by atoms with Gasteiger partial charge >= 0.3 is 0 Å². The van der Waals surface area contributed by atoms with Gasteiger partial charge in [0.15, 0.2) is 9.84 Å². The van der Waals surface area contributed by atoms with Crippen LogP contribution in [0, 0.1) is 20.8 Å². The summed E-state index contributed by atoms with van der Waals surface area (Å²) in [4.78, 5) is 16.9. The van der Waals surface area contributed by atoms with Gasteiger partial charge in [-0.25, -0.2) is 8.42 Å². The minimum atomic E-state index is -3.75. The maximum absolute atomic E-state index is 13.5. The van der Waals surface area contributed by atoms with Crippen LogP contribution in [-0.4, -0.2) is 25.9 Å². The normalized spacial score (nSPS) is 12.4. The van der Waals surface area contributed by atoms with Crippen LogP contribution >= 0.6 is 0 Å². The van der Waals surface area contributed by atoms with Crippen molar-refractivity contribution in [3.05, 3.63) is 94.8 Å². The van der Waals surface area contributed by atoms with E-state index < -0.39 is 15.1 Å². The minimum Gasteiger partial charge on any atom is -0.350 e. The summed E-state index contributed by atoms with van der Waals surface area (Å²) in [6, 6.07) is 16.0. The van der Waals surface area contributed by atoms with Gasteiger partial charge in [0.25, 0.3) is 5.91 Å². The average molecular weight is 409 g/mol. The Morgan fingerprint density at radius 1 is 1.00 bits per heavy atom. The summed E-state index contributed by atoms with van der Waals surface area (Å²) in [6.07, 6.45) is 3.13. The smallest absolute Gasteiger partial charge is 0.251 e. The molecule has 0 bridgehead atoms. The number of benzene rings is 2. The van der Waals surface area contributed by atoms with Crippen molar-refractivity contribution in [2.45, 2.75) is 30.9 Å². The maximum atomic E-state index is 13.5. The van der Waals surface area contributed by atoms with E-state index in [1.807, 2.05) is 26.0 Å². The van der Waals surface area contributed by atoms with E-state index in [0.29, 0.717) is 16.7 Å². The monoisotopic (exact) mass is 408 g/mol. The van der Waals surface area contributed by atoms with Crippen LogP contribution < -0.4 is 5.32 Å². The third kappa shape index (κ3) is 4.71. The second-order valence-electron chi connectivity index (χ2n) is 7.17. The minimum absolute atomic E-state index is 0.0474. The standard InChI is InChI=1S/C23H24N2O3S/c1-16-6-4-7-19(12-16)23(26)25-15-22(20-8-5-11-24-14-20)29(27,28)21-13-17(2)9-10-18(21)3/h4-14,22H,15H2,1-3H3,(H,25,26)/t22-/m1/s1. The first-order chi connectivity index (χ1) is 13.8. The summed E-state index contributed by atoms with van der Waals surface area (Å²) in [5.41, 5.74) is 3.54. The number of aromatic nitrogens is 1. The Morgan fingerprint density at radius 2 is 1.76 bits per heavy atom. The topological polar surface area (TPSA) is 76.1 Å². The van der Waals surface area contributed by atoms with Crippen LogP contribution in [0.1, 0.15) is 37.9 Å². The molecule has 1 atom stereocenters. The molecule has 0 spiro atoms. The van der Waals surface area contributed by atoms with Crippen molar-refractivity contribution in [3.8, 4) is 0 Å². The summed E-state index contributed by atoms with van der Waals surface area (Å²) in [7, 11) is -3.75. The molecule has 0 aliphatic carbocycles. The number of nitrogens with zero attached hydrogens (tertiary/aromatic N) is 1. The van der Waals surface area contributed by atoms with Crippen molar-refractivity contribution in [1.29, 1.82) is 0 Å². The van der Waals surface area contributed by atoms with Gasteiger partial charge in [0.05, 0.1) is 4.90 Å². The second kappa shape index (κ2) is 8.57. The SMILES string of the molecule is Cc1cccc(C(=O)NC[C@H](c2cccnc2)S(=O)(=O)c2cc(C)ccc2C)c1. The molecule has 0 saturated carbocycles. The van der Waals surface area contributed by atoms with Crippen molar-refractivity contribution in [2.75, 3.05) is 6.54 Å². The molecule has 5 nitrogen and oxygen atoms in total. The molecule has 6 heteroatoms. The number of carbonyl (C=O) groups excluding carboxylic acids is 1. The van der Waals surface area contributed by atoms with Gasteiger partial charge in [-0.1, -0.05) is 35.9 Å². The van der Waals surface area contributed by atoms with Crippen LogP contribution in [0.5, 0.6) is 0 Å². The third-order valence-electron chi connectivity index (χ3n) is 4.81. The predicted octanol–water partition coefficient (Wildman–Crippen LogP) is 3.95. The quantitative estimate of drug-likeness (QED) is 0.670. The van der Waals surface area contributed by atoms with Crippen molar-refractivity contribution in [2.24, 2.45) is 0 Å². The molecule has 29 heavy (non-hydrogen) atoms. The summed E-state index contributed by atoms with van der Waals surface area (Å²) in [5.74, 6) is -0.307. The number of nitrogens with one attached hydrogen (secondary N) is 1. The van der Waals surface area contributed by atoms with Crippen molar-refractivity contribution in [3.63, 3.8) is 0 Å². The summed E-state index contributed by atoms with van der Waals surface area (Å²) in [6.45, 7) is 5.49. The number of aryl methyl sites for hydroxylation is 3. The van der Waals surface area contributed by atoms with Gasteiger partial charge in [0.2, 0.25) is 0 Å². The molecule has 150 valence electrons. The maximum Gasteiger partial charge on any atom is 0.251 e. The molecule has 1 N–H and O–H groups in total. The molecule has 1 amide bonds. The Hall–Kier alpha value is -2.99. The zero-order valence-electron chi connectivity index (χ0n) is 16.7. The molecule has 3 rings (SSSR count). The lowest BCUT2D eigenvalue weighted by Crippen LogP contribution is -2.32. The molecule has 3 aromatic rings. The largest absolute Gasteiger partial charge is 0.350 e. The fourth-order valence-electron chi connectivity index (χ4n) is 3.21. The van der Waals surface area contributed by atoms with Crippen LogP contribution in [0.2, 0.25) is 0 Å². The van der Waals surface area contributed by atoms with E-state index in [1.54, 1.807) is 55.6 Å². The van der Waals surface area contributed by atoms with E-state index in [1.165, 1.54) is 6.20 Å². The Kier molecular flexibility index (Phi) is 6.13. The molecule has 0 unspecified atom stereocenters. The van der Waals surface area contributed by atoms with Crippen molar-refractivity contribution in [1.82, 2.24) is 10.3 Å². The predicted molar refractivity (Wildman–Crippen MR) is 114 cm³/mol. The fraction of sp³-hybridized carbons (Fsp3) is 0.217. The molecule has 1 heterocycles. The van der Waals surface area contributed by atoms with E-state index in [4.69, 9.17) is 0 Å². The zero-order chi connectivity index (χ0) is 21.0. The Balaban J connectivity index is 1.95. The number of sulfone groups is 1. The van der Waals surface area contributed by atoms with Crippen LogP contribution in [0.15, 0.2) is 71.9 Å². The molecular formula is C23H24N2O3S. The van der Waals surface area contributed by atoms with E-state index in [0.717, 1.165) is 11.1 Å². The Bertz CT molecular complexity index is 1130. The van der Waals surface area contributed by atoms with Gasteiger partial charge in [-0.15, -0.1) is 0 Å². The van der Waals surface area contributed by atoms with E-state index in [2.05, 4.69) is 10.3 Å². The number of hydrogen-bond donors (Lipinski definition) is 1. The van der Waals surface area contributed by atoms with Crippen LogP contribution in [-0.2, 0) is 9.84 Å². The zero-order valence-corrected chi connectivity index (χ0v) is 17.5. The molecule has 0 aliphatic heterocycles. The molecule has 0 radical (unpaired) electrons. The Labute approximate surface area is 171 Å². The number of carbonyl (C=O) groups is 1. The highest BCUT2D eigenvalue weighted by atomic mass is 32.2. The molecule has 0 saturated heterocycles. The lowest BCUT2D eigenvalue weighted by Gasteiger charge is -2.20. The Morgan fingerprint density at radius 3 is 2.45 bits per heavy atom. The lowest BCUT2D eigenvalue weighted by molar-refractivity contribution is 0.0953. The van der Waals surface area contributed by atoms with Crippen molar-refractivity contribution >= 4 is 15.7 Å². The van der Waals surface area contributed by atoms with Crippen molar-refractivity contribution < 1.29 is 13.2 Å². The van der Waals surface area contributed by atoms with Crippen LogP contribution in [0.3, 0.4) is 0 Å². The summed E-state index contributed by atoms with van der Waals surface area (Å²) < 4.78 is 27.1. The molecular weight excluding hydrogens is 384 g/mol. The highest BCUT2D eigenvalue weighted by Crippen LogP contribution is 2.30. The fourth-order valence-corrected chi connectivity index (χ4v) is 5.19. The number of amides is 1. The highest BCUT2D eigenvalue weighted by molar-refractivity contribution is 7.91. The number of rotatable bonds is 6. The molecule has 0 aliphatic rings.